The Hall–Kier alpha value is -1.04. The molecule has 5 heteroatoms. The average Bonchev–Trinajstić information content (AvgIpc) is 2.79. The molecule has 3 nitrogen and oxygen atoms in total. The summed E-state index contributed by atoms with van der Waals surface area (Å²) >= 11 is 0. The van der Waals surface area contributed by atoms with E-state index in [-0.39, 0.29) is 12.0 Å². The molecule has 1 aliphatic rings. The van der Waals surface area contributed by atoms with Crippen LogP contribution in [-0.4, -0.2) is 41.3 Å². The van der Waals surface area contributed by atoms with Crippen LogP contribution >= 0.6 is 0 Å². The highest BCUT2D eigenvalue weighted by Crippen LogP contribution is 2.18. The van der Waals surface area contributed by atoms with E-state index in [0.29, 0.717) is 12.6 Å². The van der Waals surface area contributed by atoms with Crippen molar-refractivity contribution in [2.24, 2.45) is 5.73 Å². The molecule has 3 unspecified atom stereocenters. The van der Waals surface area contributed by atoms with Gasteiger partial charge in [0, 0.05) is 18.6 Å². The molecule has 0 aliphatic carbocycles. The number of hydrogen-bond acceptors (Lipinski definition) is 3. The molecule has 0 radical (unpaired) electrons. The van der Waals surface area contributed by atoms with E-state index in [9.17, 15) is 13.9 Å². The lowest BCUT2D eigenvalue weighted by Gasteiger charge is -2.27. The van der Waals surface area contributed by atoms with Crippen LogP contribution in [0.5, 0.6) is 0 Å². The van der Waals surface area contributed by atoms with Gasteiger partial charge in [0.2, 0.25) is 0 Å². The molecule has 2 rings (SSSR count). The average molecular weight is 284 g/mol. The number of aliphatic hydroxyl groups is 1. The molecule has 0 bridgehead atoms. The summed E-state index contributed by atoms with van der Waals surface area (Å²) in [7, 11) is 0. The summed E-state index contributed by atoms with van der Waals surface area (Å²) < 4.78 is 26.6. The molecular formula is C15H22F2N2O. The lowest BCUT2D eigenvalue weighted by atomic mass is 10.0. The van der Waals surface area contributed by atoms with E-state index in [1.807, 2.05) is 0 Å². The van der Waals surface area contributed by atoms with Gasteiger partial charge in [0.05, 0.1) is 6.10 Å². The van der Waals surface area contributed by atoms with Gasteiger partial charge in [-0.3, -0.25) is 4.90 Å². The Morgan fingerprint density at radius 3 is 2.85 bits per heavy atom. The maximum Gasteiger partial charge on any atom is 0.126 e. The number of rotatable bonds is 5. The van der Waals surface area contributed by atoms with E-state index in [1.54, 1.807) is 0 Å². The molecule has 112 valence electrons. The van der Waals surface area contributed by atoms with Gasteiger partial charge in [0.25, 0.3) is 0 Å². The van der Waals surface area contributed by atoms with Crippen LogP contribution < -0.4 is 5.73 Å². The molecule has 0 aromatic heterocycles. The zero-order chi connectivity index (χ0) is 14.7. The summed E-state index contributed by atoms with van der Waals surface area (Å²) in [6.45, 7) is 3.57. The molecule has 1 aliphatic heterocycles. The van der Waals surface area contributed by atoms with Gasteiger partial charge in [-0.15, -0.1) is 0 Å². The van der Waals surface area contributed by atoms with E-state index in [1.165, 1.54) is 0 Å². The highest BCUT2D eigenvalue weighted by Gasteiger charge is 2.25. The second-order valence-electron chi connectivity index (χ2n) is 5.66. The number of aliphatic hydroxyl groups excluding tert-OH is 1. The van der Waals surface area contributed by atoms with Gasteiger partial charge >= 0.3 is 0 Å². The zero-order valence-electron chi connectivity index (χ0n) is 11.7. The fraction of sp³-hybridized carbons (Fsp3) is 0.600. The molecule has 0 amide bonds. The van der Waals surface area contributed by atoms with Crippen molar-refractivity contribution in [3.8, 4) is 0 Å². The Balaban J connectivity index is 1.93. The molecular weight excluding hydrogens is 262 g/mol. The van der Waals surface area contributed by atoms with E-state index < -0.39 is 23.8 Å². The predicted molar refractivity (Wildman–Crippen MR) is 74.3 cm³/mol. The summed E-state index contributed by atoms with van der Waals surface area (Å²) in [6, 6.07) is 3.15. The lowest BCUT2D eigenvalue weighted by molar-refractivity contribution is 0.0880. The minimum absolute atomic E-state index is 0.132. The number of halogens is 2. The van der Waals surface area contributed by atoms with Gasteiger partial charge in [0.1, 0.15) is 11.6 Å². The van der Waals surface area contributed by atoms with Crippen molar-refractivity contribution in [3.05, 3.63) is 35.4 Å². The van der Waals surface area contributed by atoms with Crippen molar-refractivity contribution < 1.29 is 13.9 Å². The van der Waals surface area contributed by atoms with Crippen LogP contribution in [-0.2, 0) is 6.42 Å². The Morgan fingerprint density at radius 2 is 2.20 bits per heavy atom. The fourth-order valence-corrected chi connectivity index (χ4v) is 2.73. The molecule has 20 heavy (non-hydrogen) atoms. The normalized spacial score (nSPS) is 22.9. The molecule has 3 atom stereocenters. The third-order valence-corrected chi connectivity index (χ3v) is 4.07. The molecule has 1 aromatic rings. The van der Waals surface area contributed by atoms with Gasteiger partial charge < -0.3 is 10.8 Å². The highest BCUT2D eigenvalue weighted by atomic mass is 19.1. The Labute approximate surface area is 118 Å². The molecule has 1 fully saturated rings. The largest absolute Gasteiger partial charge is 0.390 e. The van der Waals surface area contributed by atoms with Gasteiger partial charge in [-0.25, -0.2) is 8.78 Å². The molecule has 3 N–H and O–H groups in total. The van der Waals surface area contributed by atoms with Crippen LogP contribution in [0.25, 0.3) is 0 Å². The van der Waals surface area contributed by atoms with Crippen LogP contribution in [0, 0.1) is 11.6 Å². The topological polar surface area (TPSA) is 49.5 Å². The van der Waals surface area contributed by atoms with Crippen molar-refractivity contribution in [2.75, 3.05) is 13.1 Å². The fourth-order valence-electron chi connectivity index (χ4n) is 2.73. The molecule has 1 heterocycles. The van der Waals surface area contributed by atoms with E-state index >= 15 is 0 Å². The quantitative estimate of drug-likeness (QED) is 0.865. The van der Waals surface area contributed by atoms with Crippen molar-refractivity contribution >= 4 is 0 Å². The number of benzene rings is 1. The highest BCUT2D eigenvalue weighted by molar-refractivity contribution is 5.20. The van der Waals surface area contributed by atoms with Crippen molar-refractivity contribution in [2.45, 2.75) is 44.4 Å². The molecule has 1 saturated heterocycles. The Morgan fingerprint density at radius 1 is 1.45 bits per heavy atom. The summed E-state index contributed by atoms with van der Waals surface area (Å²) in [4.78, 5) is 2.19. The standard InChI is InChI=1S/C15H22F2N2O/c1-10-3-2-6-19(10)9-15(20)14(18)8-11-7-12(16)4-5-13(11)17/h4-5,7,10,14-15,20H,2-3,6,8-9,18H2,1H3. The van der Waals surface area contributed by atoms with Crippen molar-refractivity contribution in [3.63, 3.8) is 0 Å². The SMILES string of the molecule is CC1CCCN1CC(O)C(N)Cc1cc(F)ccc1F. The Bertz CT molecular complexity index is 455. The van der Waals surface area contributed by atoms with E-state index in [0.717, 1.165) is 37.6 Å². The smallest absolute Gasteiger partial charge is 0.126 e. The number of β-amino-alcohol motifs (C(OH)–C–C–N with tert-alkyl or cyclic N) is 1. The monoisotopic (exact) mass is 284 g/mol. The first-order chi connectivity index (χ1) is 9.47. The van der Waals surface area contributed by atoms with Crippen molar-refractivity contribution in [1.82, 2.24) is 4.90 Å². The van der Waals surface area contributed by atoms with Crippen LogP contribution in [0.4, 0.5) is 8.78 Å². The molecule has 0 saturated carbocycles. The maximum absolute atomic E-state index is 13.5. The zero-order valence-corrected chi connectivity index (χ0v) is 11.7. The first-order valence-corrected chi connectivity index (χ1v) is 7.09. The minimum atomic E-state index is -0.738. The first kappa shape index (κ1) is 15.4. The molecule has 1 aromatic carbocycles. The van der Waals surface area contributed by atoms with Gasteiger partial charge in [0.15, 0.2) is 0 Å². The summed E-state index contributed by atoms with van der Waals surface area (Å²) in [5, 5.41) is 10.1. The third-order valence-electron chi connectivity index (χ3n) is 4.07. The lowest BCUT2D eigenvalue weighted by Crippen LogP contribution is -2.45. The van der Waals surface area contributed by atoms with Crippen LogP contribution in [0.3, 0.4) is 0 Å². The third kappa shape index (κ3) is 3.75. The number of hydrogen-bond donors (Lipinski definition) is 2. The van der Waals surface area contributed by atoms with Crippen molar-refractivity contribution in [1.29, 1.82) is 0 Å². The number of nitrogens with two attached hydrogens (primary N) is 1. The maximum atomic E-state index is 13.5. The second-order valence-corrected chi connectivity index (χ2v) is 5.66. The summed E-state index contributed by atoms with van der Waals surface area (Å²) in [5.41, 5.74) is 6.14. The summed E-state index contributed by atoms with van der Waals surface area (Å²) in [6.07, 6.45) is 1.65. The minimum Gasteiger partial charge on any atom is -0.390 e. The Kier molecular flexibility index (Phi) is 5.07. The van der Waals surface area contributed by atoms with Crippen LogP contribution in [0.2, 0.25) is 0 Å². The van der Waals surface area contributed by atoms with Crippen LogP contribution in [0.1, 0.15) is 25.3 Å². The molecule has 0 spiro atoms. The van der Waals surface area contributed by atoms with E-state index in [2.05, 4.69) is 11.8 Å². The first-order valence-electron chi connectivity index (χ1n) is 7.09. The number of nitrogens with zero attached hydrogens (tertiary/aromatic N) is 1. The second kappa shape index (κ2) is 6.61. The summed E-state index contributed by atoms with van der Waals surface area (Å²) in [5.74, 6) is -0.972. The number of likely N-dealkylation sites (tertiary alicyclic amines) is 1. The van der Waals surface area contributed by atoms with Gasteiger partial charge in [-0.1, -0.05) is 0 Å². The van der Waals surface area contributed by atoms with Gasteiger partial charge in [-0.05, 0) is 56.5 Å². The van der Waals surface area contributed by atoms with Gasteiger partial charge in [-0.2, -0.15) is 0 Å². The predicted octanol–water partition coefficient (Wildman–Crippen LogP) is 1.68. The van der Waals surface area contributed by atoms with Crippen LogP contribution in [0.15, 0.2) is 18.2 Å². The van der Waals surface area contributed by atoms with E-state index in [4.69, 9.17) is 5.73 Å².